The molecule has 0 N–H and O–H groups in total. The number of thioether (sulfide) groups is 1. The van der Waals surface area contributed by atoms with Gasteiger partial charge in [0.15, 0.2) is 0 Å². The Morgan fingerprint density at radius 2 is 1.62 bits per heavy atom. The lowest BCUT2D eigenvalue weighted by Gasteiger charge is -2.30. The maximum Gasteiger partial charge on any atom is 0.282 e. The molecular formula is C34H42N4S+2. The molecule has 0 atom stereocenters. The molecule has 0 unspecified atom stereocenters. The molecule has 5 heteroatoms. The van der Waals surface area contributed by atoms with E-state index in [0.717, 1.165) is 24.0 Å². The van der Waals surface area contributed by atoms with Crippen LogP contribution in [0.3, 0.4) is 0 Å². The highest BCUT2D eigenvalue weighted by molar-refractivity contribution is 8.03. The molecule has 5 rings (SSSR count). The van der Waals surface area contributed by atoms with Gasteiger partial charge in [-0.25, -0.2) is 0 Å². The van der Waals surface area contributed by atoms with Gasteiger partial charge in [0.2, 0.25) is 0 Å². The van der Waals surface area contributed by atoms with Gasteiger partial charge in [-0.05, 0) is 55.3 Å². The lowest BCUT2D eigenvalue weighted by molar-refractivity contribution is -0.890. The molecule has 39 heavy (non-hydrogen) atoms. The molecule has 0 bridgehead atoms. The van der Waals surface area contributed by atoms with Crippen LogP contribution in [-0.2, 0) is 0 Å². The fourth-order valence-electron chi connectivity index (χ4n) is 5.74. The highest BCUT2D eigenvalue weighted by Gasteiger charge is 2.27. The van der Waals surface area contributed by atoms with E-state index in [1.165, 1.54) is 63.1 Å². The fourth-order valence-corrected chi connectivity index (χ4v) is 6.84. The second-order valence-corrected chi connectivity index (χ2v) is 12.1. The maximum absolute atomic E-state index is 2.56. The third-order valence-corrected chi connectivity index (χ3v) is 8.93. The van der Waals surface area contributed by atoms with Gasteiger partial charge in [-0.15, -0.1) is 0 Å². The first-order valence-electron chi connectivity index (χ1n) is 14.2. The van der Waals surface area contributed by atoms with Gasteiger partial charge in [-0.3, -0.25) is 4.90 Å². The molecule has 202 valence electrons. The minimum atomic E-state index is 0.961. The first-order valence-corrected chi connectivity index (χ1v) is 15.1. The molecule has 0 saturated carbocycles. The van der Waals surface area contributed by atoms with E-state index in [-0.39, 0.29) is 0 Å². The maximum atomic E-state index is 2.56. The molecule has 0 amide bonds. The van der Waals surface area contributed by atoms with Gasteiger partial charge in [0, 0.05) is 29.8 Å². The summed E-state index contributed by atoms with van der Waals surface area (Å²) >= 11 is 1.85. The third-order valence-electron chi connectivity index (χ3n) is 7.76. The van der Waals surface area contributed by atoms with Crippen molar-refractivity contribution in [2.24, 2.45) is 0 Å². The molecule has 0 saturated heterocycles. The number of fused-ring (bicyclic) bond motifs is 2. The van der Waals surface area contributed by atoms with E-state index in [9.17, 15) is 0 Å². The number of pyridine rings is 1. The molecule has 3 aromatic carbocycles. The quantitative estimate of drug-likeness (QED) is 0.154. The van der Waals surface area contributed by atoms with Crippen molar-refractivity contribution in [3.63, 3.8) is 0 Å². The first-order chi connectivity index (χ1) is 18.9. The predicted molar refractivity (Wildman–Crippen MR) is 169 cm³/mol. The first kappa shape index (κ1) is 27.3. The summed E-state index contributed by atoms with van der Waals surface area (Å²) in [6.07, 6.45) is 4.76. The number of hydrogen-bond donors (Lipinski definition) is 0. The van der Waals surface area contributed by atoms with Crippen LogP contribution in [0.1, 0.15) is 32.3 Å². The van der Waals surface area contributed by atoms with Gasteiger partial charge in [-0.2, -0.15) is 4.57 Å². The van der Waals surface area contributed by atoms with E-state index in [1.54, 1.807) is 0 Å². The van der Waals surface area contributed by atoms with Gasteiger partial charge in [0.1, 0.15) is 11.2 Å². The van der Waals surface area contributed by atoms with Gasteiger partial charge < -0.3 is 9.38 Å². The van der Waals surface area contributed by atoms with Gasteiger partial charge in [0.25, 0.3) is 5.82 Å². The number of para-hydroxylation sites is 3. The Morgan fingerprint density at radius 3 is 2.36 bits per heavy atom. The zero-order valence-electron chi connectivity index (χ0n) is 24.1. The third kappa shape index (κ3) is 5.85. The molecule has 0 radical (unpaired) electrons. The van der Waals surface area contributed by atoms with Crippen molar-refractivity contribution in [1.29, 1.82) is 0 Å². The normalized spacial score (nSPS) is 14.3. The summed E-state index contributed by atoms with van der Waals surface area (Å²) in [5.41, 5.74) is 4.96. The Kier molecular flexibility index (Phi) is 8.29. The Hall–Kier alpha value is -3.28. The predicted octanol–water partition coefficient (Wildman–Crippen LogP) is 7.36. The van der Waals surface area contributed by atoms with E-state index in [2.05, 4.69) is 140 Å². The zero-order valence-corrected chi connectivity index (χ0v) is 24.9. The highest BCUT2D eigenvalue weighted by Crippen LogP contribution is 2.45. The Morgan fingerprint density at radius 1 is 0.897 bits per heavy atom. The van der Waals surface area contributed by atoms with E-state index < -0.39 is 0 Å². The lowest BCUT2D eigenvalue weighted by atomic mass is 10.1. The van der Waals surface area contributed by atoms with Crippen LogP contribution >= 0.6 is 11.8 Å². The van der Waals surface area contributed by atoms with Crippen LogP contribution < -0.4 is 14.4 Å². The van der Waals surface area contributed by atoms with Crippen molar-refractivity contribution >= 4 is 40.2 Å². The van der Waals surface area contributed by atoms with Crippen molar-refractivity contribution in [3.8, 4) is 5.69 Å². The van der Waals surface area contributed by atoms with E-state index >= 15 is 0 Å². The zero-order chi connectivity index (χ0) is 27.4. The van der Waals surface area contributed by atoms with Gasteiger partial charge in [0.05, 0.1) is 51.0 Å². The van der Waals surface area contributed by atoms with Crippen molar-refractivity contribution < 1.29 is 9.05 Å². The van der Waals surface area contributed by atoms with E-state index in [4.69, 9.17) is 0 Å². The number of aromatic nitrogens is 1. The second-order valence-electron chi connectivity index (χ2n) is 11.1. The molecule has 0 spiro atoms. The number of quaternary nitrogens is 1. The number of anilines is 2. The standard InChI is InChI=1S/C34H42N4S/c1-6-23-38(4,5)24-15-22-36(7-2)33-25-27(26-34-35(3)31-20-13-14-21-32(31)39-34)29-18-11-12-19-30(29)37(33)28-16-9-8-10-17-28/h8-14,16-21,25-26H,6-7,15,22-24H2,1-5H3/q+2. The molecule has 0 aliphatic carbocycles. The lowest BCUT2D eigenvalue weighted by Crippen LogP contribution is -2.44. The summed E-state index contributed by atoms with van der Waals surface area (Å²) in [4.78, 5) is 6.19. The molecule has 1 aromatic heterocycles. The second kappa shape index (κ2) is 11.8. The van der Waals surface area contributed by atoms with Crippen LogP contribution in [0.5, 0.6) is 0 Å². The Bertz CT molecular complexity index is 1460. The van der Waals surface area contributed by atoms with Crippen LogP contribution in [0.25, 0.3) is 22.7 Å². The van der Waals surface area contributed by atoms with E-state index in [0.29, 0.717) is 0 Å². The smallest absolute Gasteiger partial charge is 0.282 e. The topological polar surface area (TPSA) is 10.4 Å². The summed E-state index contributed by atoms with van der Waals surface area (Å²) in [6, 6.07) is 30.8. The van der Waals surface area contributed by atoms with Crippen LogP contribution in [-0.4, -0.2) is 51.8 Å². The van der Waals surface area contributed by atoms with Crippen molar-refractivity contribution in [2.45, 2.75) is 31.6 Å². The monoisotopic (exact) mass is 538 g/mol. The minimum absolute atomic E-state index is 0.961. The number of rotatable bonds is 10. The minimum Gasteiger partial charge on any atom is -0.338 e. The number of nitrogens with zero attached hydrogens (tertiary/aromatic N) is 4. The molecule has 1 aliphatic rings. The van der Waals surface area contributed by atoms with Gasteiger partial charge >= 0.3 is 0 Å². The summed E-state index contributed by atoms with van der Waals surface area (Å²) in [5.74, 6) is 1.25. The van der Waals surface area contributed by atoms with Gasteiger partial charge in [-0.1, -0.05) is 67.2 Å². The van der Waals surface area contributed by atoms with Crippen molar-refractivity contribution in [1.82, 2.24) is 0 Å². The Balaban J connectivity index is 1.62. The van der Waals surface area contributed by atoms with E-state index in [1.807, 2.05) is 11.8 Å². The number of hydrogen-bond acceptors (Lipinski definition) is 3. The summed E-state index contributed by atoms with van der Waals surface area (Å²) in [7, 11) is 6.89. The van der Waals surface area contributed by atoms with Crippen LogP contribution in [0.15, 0.2) is 94.9 Å². The molecule has 4 nitrogen and oxygen atoms in total. The summed E-state index contributed by atoms with van der Waals surface area (Å²) in [6.45, 7) is 8.96. The molecule has 2 heterocycles. The average Bonchev–Trinajstić information content (AvgIpc) is 3.26. The Labute approximate surface area is 238 Å². The van der Waals surface area contributed by atoms with Crippen LogP contribution in [0, 0.1) is 0 Å². The fraction of sp³-hybridized carbons (Fsp3) is 0.324. The van der Waals surface area contributed by atoms with Crippen LogP contribution in [0.2, 0.25) is 0 Å². The summed E-state index contributed by atoms with van der Waals surface area (Å²) < 4.78 is 3.53. The number of benzene rings is 3. The molecule has 4 aromatic rings. The van der Waals surface area contributed by atoms with Crippen molar-refractivity contribution in [2.75, 3.05) is 57.1 Å². The SMILES string of the molecule is CCC[N+](C)(C)CCCN(CC)c1cc(/C=C2\Sc3ccccc3N2C)c2ccccc2[n+]1-c1ccccc1. The van der Waals surface area contributed by atoms with Crippen LogP contribution in [0.4, 0.5) is 11.5 Å². The molecular weight excluding hydrogens is 496 g/mol. The molecule has 1 aliphatic heterocycles. The van der Waals surface area contributed by atoms with Crippen molar-refractivity contribution in [3.05, 3.63) is 95.5 Å². The summed E-state index contributed by atoms with van der Waals surface area (Å²) in [5, 5.41) is 2.52. The highest BCUT2D eigenvalue weighted by atomic mass is 32.2. The molecule has 0 fully saturated rings. The largest absolute Gasteiger partial charge is 0.338 e. The average molecular weight is 539 g/mol.